The molecule has 0 aliphatic carbocycles. The monoisotopic (exact) mass is 468 g/mol. The number of hydrogen-bond acceptors (Lipinski definition) is 5. The summed E-state index contributed by atoms with van der Waals surface area (Å²) in [5.41, 5.74) is 5.39. The number of hydrogen-bond donors (Lipinski definition) is 2. The van der Waals surface area contributed by atoms with Gasteiger partial charge in [-0.2, -0.15) is 0 Å². The molecule has 0 unspecified atom stereocenters. The number of nitrogens with zero attached hydrogens (tertiary/aromatic N) is 1. The number of nitrogens with one attached hydrogen (secondary N) is 1. The van der Waals surface area contributed by atoms with Crippen LogP contribution in [0.3, 0.4) is 0 Å². The number of benzene rings is 3. The van der Waals surface area contributed by atoms with E-state index in [9.17, 15) is 9.90 Å². The van der Waals surface area contributed by atoms with Crippen LogP contribution in [0.25, 0.3) is 0 Å². The summed E-state index contributed by atoms with van der Waals surface area (Å²) in [6.07, 6.45) is -0.0218. The van der Waals surface area contributed by atoms with Crippen molar-refractivity contribution in [2.45, 2.75) is 33.1 Å². The summed E-state index contributed by atoms with van der Waals surface area (Å²) in [5.74, 6) is 1.02. The van der Waals surface area contributed by atoms with Crippen LogP contribution in [0.2, 0.25) is 5.02 Å². The summed E-state index contributed by atoms with van der Waals surface area (Å²) in [4.78, 5) is 13.1. The molecule has 0 bridgehead atoms. The molecule has 0 fully saturated rings. The largest absolute Gasteiger partial charge is 0.489 e. The molecule has 7 heteroatoms. The van der Waals surface area contributed by atoms with Gasteiger partial charge in [-0.15, -0.1) is 0 Å². The third kappa shape index (κ3) is 7.49. The lowest BCUT2D eigenvalue weighted by Gasteiger charge is -2.24. The summed E-state index contributed by atoms with van der Waals surface area (Å²) in [7, 11) is 0. The van der Waals surface area contributed by atoms with E-state index in [0.717, 1.165) is 16.9 Å². The Bertz CT molecular complexity index is 1030. The number of rotatable bonds is 11. The van der Waals surface area contributed by atoms with Crippen molar-refractivity contribution in [1.82, 2.24) is 10.4 Å². The van der Waals surface area contributed by atoms with E-state index in [0.29, 0.717) is 29.5 Å². The van der Waals surface area contributed by atoms with Crippen molar-refractivity contribution >= 4 is 17.5 Å². The quantitative estimate of drug-likeness (QED) is 0.394. The minimum Gasteiger partial charge on any atom is -0.489 e. The van der Waals surface area contributed by atoms with E-state index in [1.807, 2.05) is 68.4 Å². The summed E-state index contributed by atoms with van der Waals surface area (Å²) in [6.45, 7) is 4.76. The molecule has 0 saturated carbocycles. The maximum absolute atomic E-state index is 13.1. The van der Waals surface area contributed by atoms with Crippen molar-refractivity contribution in [2.24, 2.45) is 0 Å². The molecule has 1 amide bonds. The van der Waals surface area contributed by atoms with Crippen LogP contribution >= 0.6 is 11.6 Å². The first-order chi connectivity index (χ1) is 16.0. The number of ether oxygens (including phenoxy) is 2. The smallest absolute Gasteiger partial charge is 0.268 e. The Morgan fingerprint density at radius 1 is 1.03 bits per heavy atom. The van der Waals surface area contributed by atoms with E-state index in [4.69, 9.17) is 21.1 Å². The number of halogens is 1. The van der Waals surface area contributed by atoms with E-state index >= 15 is 0 Å². The first-order valence-corrected chi connectivity index (χ1v) is 11.2. The molecule has 0 heterocycles. The van der Waals surface area contributed by atoms with E-state index in [1.54, 1.807) is 18.2 Å². The fourth-order valence-electron chi connectivity index (χ4n) is 3.14. The predicted octanol–water partition coefficient (Wildman–Crippen LogP) is 4.85. The Morgan fingerprint density at radius 2 is 1.76 bits per heavy atom. The van der Waals surface area contributed by atoms with Crippen LogP contribution in [0.15, 0.2) is 72.8 Å². The number of aliphatic hydroxyl groups is 1. The van der Waals surface area contributed by atoms with Gasteiger partial charge in [0.05, 0.1) is 24.3 Å². The number of carbonyl (C=O) groups excluding carboxylic acids is 1. The third-order valence-corrected chi connectivity index (χ3v) is 5.01. The second-order valence-corrected chi connectivity index (χ2v) is 8.16. The van der Waals surface area contributed by atoms with Crippen molar-refractivity contribution in [3.05, 3.63) is 94.5 Å². The van der Waals surface area contributed by atoms with Crippen LogP contribution < -0.4 is 14.9 Å². The molecular weight excluding hydrogens is 440 g/mol. The van der Waals surface area contributed by atoms with Gasteiger partial charge in [-0.25, -0.2) is 5.43 Å². The van der Waals surface area contributed by atoms with Gasteiger partial charge < -0.3 is 14.6 Å². The first kappa shape index (κ1) is 24.6. The highest BCUT2D eigenvalue weighted by molar-refractivity contribution is 6.32. The van der Waals surface area contributed by atoms with Gasteiger partial charge in [0.15, 0.2) is 0 Å². The van der Waals surface area contributed by atoms with Crippen LogP contribution in [-0.4, -0.2) is 35.3 Å². The molecule has 2 N–H and O–H groups in total. The maximum Gasteiger partial charge on any atom is 0.268 e. The van der Waals surface area contributed by atoms with E-state index in [2.05, 4.69) is 5.43 Å². The average Bonchev–Trinajstić information content (AvgIpc) is 2.82. The van der Waals surface area contributed by atoms with E-state index in [-0.39, 0.29) is 25.2 Å². The van der Waals surface area contributed by atoms with Gasteiger partial charge in [-0.3, -0.25) is 9.80 Å². The van der Waals surface area contributed by atoms with Crippen molar-refractivity contribution in [3.8, 4) is 11.5 Å². The van der Waals surface area contributed by atoms with Crippen LogP contribution in [0.4, 0.5) is 0 Å². The normalized spacial score (nSPS) is 10.8. The molecule has 0 spiro atoms. The molecule has 3 aromatic carbocycles. The highest BCUT2D eigenvalue weighted by Crippen LogP contribution is 2.27. The SMILES string of the molecule is CC(C)Oc1ccc(C(=O)N(Cc2ccc(OCc3ccccc3)cc2)NCCO)cc1Cl. The minimum atomic E-state index is -0.258. The van der Waals surface area contributed by atoms with Crippen LogP contribution in [-0.2, 0) is 13.2 Å². The molecule has 0 saturated heterocycles. The zero-order valence-electron chi connectivity index (χ0n) is 18.8. The van der Waals surface area contributed by atoms with Crippen LogP contribution in [0.1, 0.15) is 35.3 Å². The maximum atomic E-state index is 13.1. The van der Waals surface area contributed by atoms with Crippen molar-refractivity contribution in [1.29, 1.82) is 0 Å². The van der Waals surface area contributed by atoms with Gasteiger partial charge >= 0.3 is 0 Å². The van der Waals surface area contributed by atoms with Crippen molar-refractivity contribution in [2.75, 3.05) is 13.2 Å². The average molecular weight is 469 g/mol. The molecule has 33 heavy (non-hydrogen) atoms. The van der Waals surface area contributed by atoms with Gasteiger partial charge in [0.1, 0.15) is 18.1 Å². The summed E-state index contributed by atoms with van der Waals surface area (Å²) < 4.78 is 11.5. The lowest BCUT2D eigenvalue weighted by atomic mass is 10.1. The Hall–Kier alpha value is -3.06. The van der Waals surface area contributed by atoms with Crippen LogP contribution in [0.5, 0.6) is 11.5 Å². The molecule has 0 atom stereocenters. The Morgan fingerprint density at radius 3 is 2.39 bits per heavy atom. The van der Waals surface area contributed by atoms with Crippen LogP contribution in [0, 0.1) is 0 Å². The van der Waals surface area contributed by atoms with Gasteiger partial charge in [-0.1, -0.05) is 54.1 Å². The third-order valence-electron chi connectivity index (χ3n) is 4.71. The highest BCUT2D eigenvalue weighted by atomic mass is 35.5. The molecule has 3 aromatic rings. The molecule has 0 aliphatic heterocycles. The van der Waals surface area contributed by atoms with Gasteiger partial charge in [0, 0.05) is 12.1 Å². The van der Waals surface area contributed by atoms with Gasteiger partial charge in [0.2, 0.25) is 0 Å². The van der Waals surface area contributed by atoms with Gasteiger partial charge in [-0.05, 0) is 55.3 Å². The second kappa shape index (κ2) is 12.3. The Kier molecular flexibility index (Phi) is 9.13. The number of aliphatic hydroxyl groups excluding tert-OH is 1. The Labute approximate surface area is 199 Å². The molecular formula is C26H29ClN2O4. The second-order valence-electron chi connectivity index (χ2n) is 7.75. The van der Waals surface area contributed by atoms with E-state index in [1.165, 1.54) is 5.01 Å². The minimum absolute atomic E-state index is 0.0218. The molecule has 6 nitrogen and oxygen atoms in total. The molecule has 3 rings (SSSR count). The zero-order valence-corrected chi connectivity index (χ0v) is 19.6. The topological polar surface area (TPSA) is 71.0 Å². The highest BCUT2D eigenvalue weighted by Gasteiger charge is 2.18. The predicted molar refractivity (Wildman–Crippen MR) is 129 cm³/mol. The summed E-state index contributed by atoms with van der Waals surface area (Å²) in [6, 6.07) is 22.5. The fraction of sp³-hybridized carbons (Fsp3) is 0.269. The van der Waals surface area contributed by atoms with Crippen molar-refractivity contribution < 1.29 is 19.4 Å². The number of hydrazine groups is 1. The van der Waals surface area contributed by atoms with E-state index < -0.39 is 0 Å². The number of amides is 1. The summed E-state index contributed by atoms with van der Waals surface area (Å²) >= 11 is 6.31. The molecule has 0 aromatic heterocycles. The number of carbonyl (C=O) groups is 1. The summed E-state index contributed by atoms with van der Waals surface area (Å²) in [5, 5.41) is 11.1. The van der Waals surface area contributed by atoms with Crippen molar-refractivity contribution in [3.63, 3.8) is 0 Å². The fourth-order valence-corrected chi connectivity index (χ4v) is 3.36. The molecule has 0 aliphatic rings. The molecule has 0 radical (unpaired) electrons. The standard InChI is InChI=1S/C26H29ClN2O4/c1-19(2)33-25-13-10-22(16-24(25)27)26(31)29(28-14-15-30)17-20-8-11-23(12-9-20)32-18-21-6-4-3-5-7-21/h3-13,16,19,28,30H,14-15,17-18H2,1-2H3. The first-order valence-electron chi connectivity index (χ1n) is 10.8. The lowest BCUT2D eigenvalue weighted by Crippen LogP contribution is -2.43. The lowest BCUT2D eigenvalue weighted by molar-refractivity contribution is 0.0624. The zero-order chi connectivity index (χ0) is 23.6. The van der Waals surface area contributed by atoms with Gasteiger partial charge in [0.25, 0.3) is 5.91 Å². The molecule has 174 valence electrons. The Balaban J connectivity index is 1.67.